The zero-order valence-electron chi connectivity index (χ0n) is 8.04. The molecule has 0 unspecified atom stereocenters. The van der Waals surface area contributed by atoms with Gasteiger partial charge < -0.3 is 35.4 Å². The van der Waals surface area contributed by atoms with Gasteiger partial charge in [-0.15, -0.1) is 0 Å². The van der Waals surface area contributed by atoms with Crippen LogP contribution in [0.4, 0.5) is 0 Å². The predicted molar refractivity (Wildman–Crippen MR) is 46.3 cm³/mol. The van der Waals surface area contributed by atoms with Crippen LogP contribution < -0.4 is 5.11 Å². The van der Waals surface area contributed by atoms with Crippen molar-refractivity contribution in [2.24, 2.45) is 0 Å². The van der Waals surface area contributed by atoms with Gasteiger partial charge in [0, 0.05) is 0 Å². The summed E-state index contributed by atoms with van der Waals surface area (Å²) in [6.45, 7) is -0.863. The van der Waals surface area contributed by atoms with E-state index in [-0.39, 0.29) is 0 Å². The number of hydrogen-bond donors (Lipinski definition) is 7. The number of aliphatic carboxylic acids is 1. The van der Waals surface area contributed by atoms with E-state index in [0.29, 0.717) is 0 Å². The standard InChI is InChI=1S/C6H12O7.Al.2H2O/c7-1-2(8)3(9)4(10)5(11)6(12)13;;;/h2-5,7-11H,1H2,(H,12,13);;2*1H2/q;+3;;/p-3/t2-,3-,4+,5-;;;/m1.../s1. The first-order chi connectivity index (χ1) is 7.33. The summed E-state index contributed by atoms with van der Waals surface area (Å²) in [4.78, 5) is 9.98. The molecule has 0 fully saturated rings. The number of aliphatic hydroxyl groups is 5. The van der Waals surface area contributed by atoms with Crippen LogP contribution in [0.1, 0.15) is 0 Å². The Kier molecular flexibility index (Phi) is 11.2. The number of carbonyl (C=O) groups is 1. The Hall–Kier alpha value is -0.278. The number of carboxylic acid groups (broad SMARTS) is 1. The van der Waals surface area contributed by atoms with Crippen molar-refractivity contribution in [1.82, 2.24) is 0 Å². The fourth-order valence-corrected chi connectivity index (χ4v) is 0.662. The van der Waals surface area contributed by atoms with E-state index >= 15 is 0 Å². The van der Waals surface area contributed by atoms with Crippen molar-refractivity contribution in [2.75, 3.05) is 6.61 Å². The summed E-state index contributed by atoms with van der Waals surface area (Å²) < 4.78 is 14.4. The van der Waals surface area contributed by atoms with E-state index in [2.05, 4.69) is 0 Å². The van der Waals surface area contributed by atoms with Gasteiger partial charge in [-0.2, -0.15) is 0 Å². The Morgan fingerprint density at radius 3 is 1.75 bits per heavy atom. The van der Waals surface area contributed by atoms with E-state index in [1.54, 1.807) is 0 Å². The van der Waals surface area contributed by atoms with Crippen LogP contribution >= 0.6 is 0 Å². The van der Waals surface area contributed by atoms with Gasteiger partial charge in [0.2, 0.25) is 0 Å². The predicted octanol–water partition coefficient (Wildman–Crippen LogP) is -6.32. The average molecular weight is 256 g/mol. The third kappa shape index (κ3) is 7.07. The molecule has 16 heavy (non-hydrogen) atoms. The van der Waals surface area contributed by atoms with E-state index in [1.807, 2.05) is 0 Å². The van der Waals surface area contributed by atoms with E-state index in [1.165, 1.54) is 0 Å². The monoisotopic (exact) mass is 256 g/mol. The molecule has 0 aliphatic heterocycles. The minimum atomic E-state index is -2.31. The molecule has 0 amide bonds. The van der Waals surface area contributed by atoms with Gasteiger partial charge >= 0.3 is 24.2 Å². The van der Waals surface area contributed by atoms with Gasteiger partial charge in [0.1, 0.15) is 24.4 Å². The average Bonchev–Trinajstić information content (AvgIpc) is 2.25. The van der Waals surface area contributed by atoms with Crippen LogP contribution in [0, 0.1) is 0 Å². The van der Waals surface area contributed by atoms with Crippen LogP contribution in [-0.2, 0) is 4.79 Å². The second kappa shape index (κ2) is 9.91. The number of carboxylic acids is 1. The summed E-state index contributed by atoms with van der Waals surface area (Å²) in [5.74, 6) is -1.98. The molecule has 4 atom stereocenters. The fraction of sp³-hybridized carbons (Fsp3) is 0.833. The molecule has 0 spiro atoms. The molecule has 9 nitrogen and oxygen atoms in total. The topological polar surface area (TPSA) is 182 Å². The number of hydrogen-bond acceptors (Lipinski definition) is 9. The molecule has 0 rings (SSSR count). The molecule has 7 N–H and O–H groups in total. The fourth-order valence-electron chi connectivity index (χ4n) is 0.662. The van der Waals surface area contributed by atoms with Gasteiger partial charge in [-0.1, -0.05) is 0 Å². The second-order valence-corrected chi connectivity index (χ2v) is 2.84. The first-order valence-corrected chi connectivity index (χ1v) is 5.00. The van der Waals surface area contributed by atoms with Crippen molar-refractivity contribution < 1.29 is 43.8 Å². The Labute approximate surface area is 97.2 Å². The molecule has 0 radical (unpaired) electrons. The minimum absolute atomic E-state index is 0.863. The first kappa shape index (κ1) is 18.1. The summed E-state index contributed by atoms with van der Waals surface area (Å²) in [5, 5.41) is 53.4. The maximum absolute atomic E-state index is 9.98. The molecule has 0 aromatic rings. The van der Waals surface area contributed by atoms with Crippen molar-refractivity contribution in [2.45, 2.75) is 24.4 Å². The number of carbonyl (C=O) groups excluding carboxylic acids is 1. The summed E-state index contributed by atoms with van der Waals surface area (Å²) in [6.07, 6.45) is -8.08. The summed E-state index contributed by atoms with van der Waals surface area (Å²) in [5.41, 5.74) is 0. The van der Waals surface area contributed by atoms with Crippen LogP contribution in [0.2, 0.25) is 0 Å². The van der Waals surface area contributed by atoms with Gasteiger partial charge in [0.05, 0.1) is 12.6 Å². The zero-order chi connectivity index (χ0) is 13.3. The molecule has 0 aromatic heterocycles. The first-order valence-electron chi connectivity index (χ1n) is 3.97. The van der Waals surface area contributed by atoms with E-state index in [9.17, 15) is 9.90 Å². The molecule has 0 bridgehead atoms. The van der Waals surface area contributed by atoms with Crippen LogP contribution in [0.15, 0.2) is 0 Å². The van der Waals surface area contributed by atoms with Gasteiger partial charge in [0.25, 0.3) is 0 Å². The number of aliphatic hydroxyl groups excluding tert-OH is 5. The van der Waals surface area contributed by atoms with Gasteiger partial charge in [-0.25, -0.2) is 0 Å². The van der Waals surface area contributed by atoms with Crippen LogP contribution in [0.25, 0.3) is 0 Å². The molecular weight excluding hydrogens is 243 g/mol. The van der Waals surface area contributed by atoms with Gasteiger partial charge in [0.15, 0.2) is 0 Å². The third-order valence-corrected chi connectivity index (χ3v) is 1.50. The van der Waals surface area contributed by atoms with Crippen molar-refractivity contribution >= 4 is 21.9 Å². The Morgan fingerprint density at radius 1 is 1.12 bits per heavy atom. The molecule has 10 heteroatoms. The molecule has 0 aliphatic rings. The van der Waals surface area contributed by atoms with Crippen LogP contribution in [0.3, 0.4) is 0 Å². The van der Waals surface area contributed by atoms with E-state index in [4.69, 9.17) is 33.8 Å². The Bertz CT molecular complexity index is 189. The zero-order valence-corrected chi connectivity index (χ0v) is 9.20. The summed E-state index contributed by atoms with van der Waals surface area (Å²) in [7, 11) is 0. The molecular formula is C6H13AlO9. The maximum atomic E-state index is 9.98. The Balaban J connectivity index is 0. The van der Waals surface area contributed by atoms with E-state index < -0.39 is 52.9 Å². The molecule has 0 saturated carbocycles. The van der Waals surface area contributed by atoms with Gasteiger partial charge in [-0.05, 0) is 0 Å². The van der Waals surface area contributed by atoms with Gasteiger partial charge in [-0.3, -0.25) is 0 Å². The number of rotatable bonds is 5. The third-order valence-electron chi connectivity index (χ3n) is 1.50. The molecule has 0 heterocycles. The summed E-state index contributed by atoms with van der Waals surface area (Å²) in [6, 6.07) is 0. The summed E-state index contributed by atoms with van der Waals surface area (Å²) >= 11 is -1.25. The van der Waals surface area contributed by atoms with Crippen molar-refractivity contribution in [1.29, 1.82) is 0 Å². The normalized spacial score (nSPS) is 17.2. The van der Waals surface area contributed by atoms with Crippen molar-refractivity contribution in [3.05, 3.63) is 0 Å². The molecule has 94 valence electrons. The van der Waals surface area contributed by atoms with Crippen molar-refractivity contribution in [3.8, 4) is 0 Å². The van der Waals surface area contributed by atoms with E-state index in [0.717, 1.165) is 0 Å². The van der Waals surface area contributed by atoms with Crippen LogP contribution in [0.5, 0.6) is 0 Å². The molecule has 0 aliphatic carbocycles. The SMILES string of the molecule is O=C([O-])[C@H](O)[C@@H](O)[C@H](O)[C@H](O)CO.[OH][Al+][OH]. The van der Waals surface area contributed by atoms with Crippen LogP contribution in [-0.4, -0.2) is 86.7 Å². The quantitative estimate of drug-likeness (QED) is 0.235. The van der Waals surface area contributed by atoms with Crippen molar-refractivity contribution in [3.63, 3.8) is 0 Å². The molecule has 0 saturated heterocycles. The second-order valence-electron chi connectivity index (χ2n) is 2.61. The molecule has 0 aromatic carbocycles. The Morgan fingerprint density at radius 2 is 1.50 bits per heavy atom.